The van der Waals surface area contributed by atoms with Gasteiger partial charge in [0.05, 0.1) is 6.54 Å². The van der Waals surface area contributed by atoms with Crippen molar-refractivity contribution in [2.24, 2.45) is 0 Å². The van der Waals surface area contributed by atoms with Gasteiger partial charge in [0.1, 0.15) is 5.82 Å². The highest BCUT2D eigenvalue weighted by Crippen LogP contribution is 2.29. The van der Waals surface area contributed by atoms with Crippen molar-refractivity contribution in [1.82, 2.24) is 35.0 Å². The minimum Gasteiger partial charge on any atom is -0.274 e. The molecule has 1 N–H and O–H groups in total. The van der Waals surface area contributed by atoms with Gasteiger partial charge >= 0.3 is 5.69 Å². The summed E-state index contributed by atoms with van der Waals surface area (Å²) in [5.41, 5.74) is 4.17. The van der Waals surface area contributed by atoms with Gasteiger partial charge in [0.15, 0.2) is 5.82 Å². The van der Waals surface area contributed by atoms with Crippen molar-refractivity contribution < 1.29 is 0 Å². The first-order valence-corrected chi connectivity index (χ1v) is 13.8. The number of tetrazole rings is 1. The van der Waals surface area contributed by atoms with Crippen LogP contribution in [0.3, 0.4) is 0 Å². The second kappa shape index (κ2) is 13.7. The average Bonchev–Trinajstić information content (AvgIpc) is 3.56. The Hall–Kier alpha value is -3.55. The quantitative estimate of drug-likeness (QED) is 0.201. The molecular formula is C29H39N7O. The van der Waals surface area contributed by atoms with Crippen molar-refractivity contribution >= 4 is 0 Å². The standard InChI is InChI=1S/C29H39N7O/c1-3-5-7-9-10-16-27-32-36(21-13-8-6-4-2)29(37)35(27)22-23-17-19-24(20-18-23)25-14-11-12-15-26(25)28-30-33-34-31-28/h11-12,14-15,17-20H,3-10,13,16,21-22H2,1-2H3,(H,30,31,33,34). The summed E-state index contributed by atoms with van der Waals surface area (Å²) in [6, 6.07) is 16.5. The molecule has 0 saturated carbocycles. The van der Waals surface area contributed by atoms with Crippen LogP contribution < -0.4 is 5.69 Å². The van der Waals surface area contributed by atoms with Gasteiger partial charge in [0.2, 0.25) is 0 Å². The Balaban J connectivity index is 1.52. The summed E-state index contributed by atoms with van der Waals surface area (Å²) in [5.74, 6) is 1.55. The van der Waals surface area contributed by atoms with Gasteiger partial charge in [-0.2, -0.15) is 5.10 Å². The lowest BCUT2D eigenvalue weighted by Crippen LogP contribution is -2.26. The number of aromatic amines is 1. The molecule has 37 heavy (non-hydrogen) atoms. The van der Waals surface area contributed by atoms with E-state index in [0.717, 1.165) is 53.8 Å². The van der Waals surface area contributed by atoms with Gasteiger partial charge < -0.3 is 0 Å². The number of hydrogen-bond donors (Lipinski definition) is 1. The number of aryl methyl sites for hydroxylation is 2. The first kappa shape index (κ1) is 26.5. The van der Waals surface area contributed by atoms with Crippen LogP contribution in [0.1, 0.15) is 83.0 Å². The van der Waals surface area contributed by atoms with Crippen LogP contribution in [0.15, 0.2) is 53.3 Å². The Labute approximate surface area is 219 Å². The molecule has 0 aliphatic rings. The second-order valence-electron chi connectivity index (χ2n) is 9.73. The van der Waals surface area contributed by atoms with E-state index in [9.17, 15) is 4.79 Å². The second-order valence-corrected chi connectivity index (χ2v) is 9.73. The number of hydrogen-bond acceptors (Lipinski definition) is 5. The number of nitrogens with zero attached hydrogens (tertiary/aromatic N) is 6. The van der Waals surface area contributed by atoms with Crippen LogP contribution in [0.4, 0.5) is 0 Å². The lowest BCUT2D eigenvalue weighted by molar-refractivity contribution is 0.520. The molecule has 0 aliphatic carbocycles. The molecule has 0 atom stereocenters. The molecule has 0 saturated heterocycles. The lowest BCUT2D eigenvalue weighted by Gasteiger charge is -2.09. The number of H-pyrrole nitrogens is 1. The highest BCUT2D eigenvalue weighted by atomic mass is 16.2. The predicted octanol–water partition coefficient (Wildman–Crippen LogP) is 6.03. The zero-order valence-corrected chi connectivity index (χ0v) is 22.2. The first-order chi connectivity index (χ1) is 18.2. The Kier molecular flexibility index (Phi) is 9.80. The molecule has 2 heterocycles. The van der Waals surface area contributed by atoms with Crippen LogP contribution >= 0.6 is 0 Å². The van der Waals surface area contributed by atoms with E-state index < -0.39 is 0 Å². The van der Waals surface area contributed by atoms with Crippen molar-refractivity contribution in [3.8, 4) is 22.5 Å². The van der Waals surface area contributed by atoms with Crippen LogP contribution in [-0.4, -0.2) is 35.0 Å². The molecule has 0 bridgehead atoms. The highest BCUT2D eigenvalue weighted by Gasteiger charge is 2.15. The maximum absolute atomic E-state index is 13.3. The molecule has 2 aromatic heterocycles. The van der Waals surface area contributed by atoms with Crippen molar-refractivity contribution in [3.63, 3.8) is 0 Å². The molecule has 4 rings (SSSR count). The predicted molar refractivity (Wildman–Crippen MR) is 147 cm³/mol. The summed E-state index contributed by atoms with van der Waals surface area (Å²) in [5, 5.41) is 19.1. The Bertz CT molecular complexity index is 1270. The molecule has 0 radical (unpaired) electrons. The third-order valence-electron chi connectivity index (χ3n) is 6.86. The fourth-order valence-electron chi connectivity index (χ4n) is 4.74. The van der Waals surface area contributed by atoms with Crippen molar-refractivity contribution in [3.05, 3.63) is 70.4 Å². The average molecular weight is 502 g/mol. The van der Waals surface area contributed by atoms with Crippen LogP contribution in [0.2, 0.25) is 0 Å². The third-order valence-corrected chi connectivity index (χ3v) is 6.86. The number of rotatable bonds is 15. The minimum absolute atomic E-state index is 0.00676. The van der Waals surface area contributed by atoms with E-state index in [4.69, 9.17) is 5.10 Å². The van der Waals surface area contributed by atoms with Crippen LogP contribution in [0, 0.1) is 0 Å². The maximum atomic E-state index is 13.3. The molecule has 4 aromatic rings. The van der Waals surface area contributed by atoms with Gasteiger partial charge in [-0.05, 0) is 40.0 Å². The fraction of sp³-hybridized carbons (Fsp3) is 0.483. The topological polar surface area (TPSA) is 94.3 Å². The molecule has 196 valence electrons. The monoisotopic (exact) mass is 501 g/mol. The smallest absolute Gasteiger partial charge is 0.274 e. The van der Waals surface area contributed by atoms with Crippen LogP contribution in [-0.2, 0) is 19.5 Å². The van der Waals surface area contributed by atoms with E-state index in [2.05, 4.69) is 64.8 Å². The van der Waals surface area contributed by atoms with E-state index in [1.165, 1.54) is 38.5 Å². The van der Waals surface area contributed by atoms with Crippen molar-refractivity contribution in [2.75, 3.05) is 0 Å². The highest BCUT2D eigenvalue weighted by molar-refractivity contribution is 5.80. The third kappa shape index (κ3) is 7.02. The number of benzene rings is 2. The van der Waals surface area contributed by atoms with E-state index in [1.54, 1.807) is 4.68 Å². The van der Waals surface area contributed by atoms with Crippen molar-refractivity contribution in [1.29, 1.82) is 0 Å². The Morgan fingerprint density at radius 3 is 2.22 bits per heavy atom. The van der Waals surface area contributed by atoms with Gasteiger partial charge in [-0.3, -0.25) is 4.57 Å². The van der Waals surface area contributed by atoms with Crippen LogP contribution in [0.5, 0.6) is 0 Å². The van der Waals surface area contributed by atoms with E-state index >= 15 is 0 Å². The Morgan fingerprint density at radius 1 is 0.811 bits per heavy atom. The number of aromatic nitrogens is 7. The molecule has 2 aromatic carbocycles. The molecule has 0 aliphatic heterocycles. The van der Waals surface area contributed by atoms with Gasteiger partial charge in [-0.1, -0.05) is 107 Å². The fourth-order valence-corrected chi connectivity index (χ4v) is 4.74. The number of unbranched alkanes of at least 4 members (excludes halogenated alkanes) is 7. The SMILES string of the molecule is CCCCCCCc1nn(CCCCCC)c(=O)n1Cc1ccc(-c2ccccc2-c2nnn[nH]2)cc1. The summed E-state index contributed by atoms with van der Waals surface area (Å²) in [6.45, 7) is 5.66. The molecule has 8 nitrogen and oxygen atoms in total. The summed E-state index contributed by atoms with van der Waals surface area (Å²) < 4.78 is 3.57. The van der Waals surface area contributed by atoms with Crippen molar-refractivity contribution in [2.45, 2.75) is 91.1 Å². The molecule has 0 spiro atoms. The van der Waals surface area contributed by atoms with Gasteiger partial charge in [0.25, 0.3) is 0 Å². The molecule has 0 amide bonds. The maximum Gasteiger partial charge on any atom is 0.346 e. The summed E-state index contributed by atoms with van der Waals surface area (Å²) in [4.78, 5) is 13.3. The van der Waals surface area contributed by atoms with E-state index in [0.29, 0.717) is 18.9 Å². The van der Waals surface area contributed by atoms with E-state index in [1.807, 2.05) is 22.8 Å². The normalized spacial score (nSPS) is 11.3. The largest absolute Gasteiger partial charge is 0.346 e. The first-order valence-electron chi connectivity index (χ1n) is 13.8. The molecule has 0 fully saturated rings. The summed E-state index contributed by atoms with van der Waals surface area (Å²) in [6.07, 6.45) is 11.3. The zero-order valence-electron chi connectivity index (χ0n) is 22.2. The van der Waals surface area contributed by atoms with Gasteiger partial charge in [0, 0.05) is 18.5 Å². The van der Waals surface area contributed by atoms with Gasteiger partial charge in [-0.15, -0.1) is 5.10 Å². The number of nitrogens with one attached hydrogen (secondary N) is 1. The summed E-state index contributed by atoms with van der Waals surface area (Å²) >= 11 is 0. The Morgan fingerprint density at radius 2 is 1.51 bits per heavy atom. The van der Waals surface area contributed by atoms with E-state index in [-0.39, 0.29) is 5.69 Å². The summed E-state index contributed by atoms with van der Waals surface area (Å²) in [7, 11) is 0. The van der Waals surface area contributed by atoms with Crippen LogP contribution in [0.25, 0.3) is 22.5 Å². The zero-order chi connectivity index (χ0) is 25.9. The lowest BCUT2D eigenvalue weighted by atomic mass is 9.98. The molecular weight excluding hydrogens is 462 g/mol. The molecule has 0 unspecified atom stereocenters. The van der Waals surface area contributed by atoms with Gasteiger partial charge in [-0.25, -0.2) is 14.6 Å². The minimum atomic E-state index is 0.00676. The molecule has 8 heteroatoms.